The summed E-state index contributed by atoms with van der Waals surface area (Å²) in [4.78, 5) is 23.4. The normalized spacial score (nSPS) is 12.7. The minimum absolute atomic E-state index is 0.0293. The van der Waals surface area contributed by atoms with E-state index >= 15 is 0 Å². The van der Waals surface area contributed by atoms with Crippen molar-refractivity contribution >= 4 is 22.2 Å². The van der Waals surface area contributed by atoms with Crippen LogP contribution in [0.3, 0.4) is 0 Å². The molecule has 0 aliphatic rings. The van der Waals surface area contributed by atoms with Gasteiger partial charge in [0.2, 0.25) is 10.9 Å². The van der Waals surface area contributed by atoms with E-state index in [0.29, 0.717) is 13.1 Å². The summed E-state index contributed by atoms with van der Waals surface area (Å²) in [7, 11) is 1.92. The van der Waals surface area contributed by atoms with E-state index in [-0.39, 0.29) is 11.9 Å². The molecule has 8 heteroatoms. The number of pyridine rings is 1. The number of nitrogens with one attached hydrogen (secondary N) is 1. The Kier molecular flexibility index (Phi) is 4.63. The highest BCUT2D eigenvalue weighted by atomic mass is 32.1. The van der Waals surface area contributed by atoms with E-state index in [0.717, 1.165) is 16.2 Å². The molecule has 0 fully saturated rings. The number of carbonyl (C=O) groups is 1. The lowest BCUT2D eigenvalue weighted by molar-refractivity contribution is -0.122. The minimum atomic E-state index is -0.147. The number of amides is 1. The Hall–Kier alpha value is -2.32. The van der Waals surface area contributed by atoms with Crippen LogP contribution in [0.4, 0.5) is 0 Å². The standard InChI is InChI=1S/C15H18N6OS/c1-11(13-8-21-15(19-13)23-10-17-21)18-14(22)9-20(2)7-12-3-5-16-6-4-12/h3-6,8,10-11H,7,9H2,1-2H3,(H,18,22)/t11-/m0/s1. The van der Waals surface area contributed by atoms with Crippen molar-refractivity contribution in [1.82, 2.24) is 29.8 Å². The Morgan fingerprint density at radius 1 is 1.43 bits per heavy atom. The number of rotatable bonds is 6. The quantitative estimate of drug-likeness (QED) is 0.741. The van der Waals surface area contributed by atoms with E-state index in [1.54, 1.807) is 22.4 Å². The molecule has 1 amide bonds. The lowest BCUT2D eigenvalue weighted by Crippen LogP contribution is -2.36. The maximum Gasteiger partial charge on any atom is 0.234 e. The van der Waals surface area contributed by atoms with Crippen LogP contribution < -0.4 is 5.32 Å². The molecule has 0 aromatic carbocycles. The highest BCUT2D eigenvalue weighted by Crippen LogP contribution is 2.15. The van der Waals surface area contributed by atoms with Crippen molar-refractivity contribution in [2.24, 2.45) is 0 Å². The van der Waals surface area contributed by atoms with Gasteiger partial charge in [-0.25, -0.2) is 9.50 Å². The van der Waals surface area contributed by atoms with Crippen molar-refractivity contribution < 1.29 is 4.79 Å². The summed E-state index contributed by atoms with van der Waals surface area (Å²) in [6.07, 6.45) is 5.35. The van der Waals surface area contributed by atoms with Gasteiger partial charge < -0.3 is 5.32 Å². The maximum atomic E-state index is 12.2. The monoisotopic (exact) mass is 330 g/mol. The lowest BCUT2D eigenvalue weighted by Gasteiger charge is -2.18. The highest BCUT2D eigenvalue weighted by Gasteiger charge is 2.15. The Morgan fingerprint density at radius 2 is 2.22 bits per heavy atom. The zero-order valence-corrected chi connectivity index (χ0v) is 13.8. The Bertz CT molecular complexity index is 755. The van der Waals surface area contributed by atoms with Crippen molar-refractivity contribution in [1.29, 1.82) is 0 Å². The Labute approximate surface area is 138 Å². The summed E-state index contributed by atoms with van der Waals surface area (Å²) in [6, 6.07) is 3.75. The van der Waals surface area contributed by atoms with Gasteiger partial charge in [0.25, 0.3) is 0 Å². The first-order valence-electron chi connectivity index (χ1n) is 7.27. The Balaban J connectivity index is 1.53. The SMILES string of the molecule is C[C@H](NC(=O)CN(C)Cc1ccncc1)c1cn2ncsc2n1. The number of nitrogens with zero attached hydrogens (tertiary/aromatic N) is 5. The molecular weight excluding hydrogens is 312 g/mol. The van der Waals surface area contributed by atoms with Crippen LogP contribution in [-0.4, -0.2) is 44.0 Å². The zero-order chi connectivity index (χ0) is 16.2. The van der Waals surface area contributed by atoms with Gasteiger partial charge in [-0.3, -0.25) is 14.7 Å². The van der Waals surface area contributed by atoms with E-state index in [9.17, 15) is 4.79 Å². The largest absolute Gasteiger partial charge is 0.347 e. The van der Waals surface area contributed by atoms with Gasteiger partial charge in [0.1, 0.15) is 5.51 Å². The van der Waals surface area contributed by atoms with Crippen molar-refractivity contribution in [2.45, 2.75) is 19.5 Å². The number of fused-ring (bicyclic) bond motifs is 1. The van der Waals surface area contributed by atoms with E-state index in [1.165, 1.54) is 11.3 Å². The van der Waals surface area contributed by atoms with Crippen molar-refractivity contribution in [3.8, 4) is 0 Å². The fourth-order valence-electron chi connectivity index (χ4n) is 2.33. The molecule has 120 valence electrons. The topological polar surface area (TPSA) is 75.4 Å². The zero-order valence-electron chi connectivity index (χ0n) is 13.0. The molecule has 1 N–H and O–H groups in total. The van der Waals surface area contributed by atoms with Gasteiger partial charge in [-0.1, -0.05) is 11.3 Å². The number of hydrogen-bond donors (Lipinski definition) is 1. The van der Waals surface area contributed by atoms with Crippen LogP contribution in [-0.2, 0) is 11.3 Å². The van der Waals surface area contributed by atoms with Crippen LogP contribution in [0.2, 0.25) is 0 Å². The average Bonchev–Trinajstić information content (AvgIpc) is 3.09. The maximum absolute atomic E-state index is 12.2. The predicted octanol–water partition coefficient (Wildman–Crippen LogP) is 1.49. The van der Waals surface area contributed by atoms with Crippen LogP contribution in [0, 0.1) is 0 Å². The molecule has 0 aliphatic carbocycles. The number of carbonyl (C=O) groups excluding carboxylic acids is 1. The van der Waals surface area contributed by atoms with Crippen LogP contribution in [0.5, 0.6) is 0 Å². The number of aromatic nitrogens is 4. The highest BCUT2D eigenvalue weighted by molar-refractivity contribution is 7.14. The first-order valence-corrected chi connectivity index (χ1v) is 8.15. The molecular formula is C15H18N6OS. The molecule has 7 nitrogen and oxygen atoms in total. The number of likely N-dealkylation sites (N-methyl/N-ethyl adjacent to an activating group) is 1. The lowest BCUT2D eigenvalue weighted by atomic mass is 10.2. The van der Waals surface area contributed by atoms with Gasteiger partial charge in [-0.05, 0) is 31.7 Å². The molecule has 0 aliphatic heterocycles. The molecule has 0 saturated heterocycles. The predicted molar refractivity (Wildman–Crippen MR) is 88.0 cm³/mol. The van der Waals surface area contributed by atoms with Crippen molar-refractivity contribution in [3.05, 3.63) is 47.5 Å². The third-order valence-electron chi connectivity index (χ3n) is 3.44. The molecule has 0 spiro atoms. The minimum Gasteiger partial charge on any atom is -0.347 e. The fraction of sp³-hybridized carbons (Fsp3) is 0.333. The third kappa shape index (κ3) is 3.91. The molecule has 1 atom stereocenters. The van der Waals surface area contributed by atoms with E-state index < -0.39 is 0 Å². The fourth-order valence-corrected chi connectivity index (χ4v) is 2.94. The summed E-state index contributed by atoms with van der Waals surface area (Å²) in [5, 5.41) is 7.11. The second-order valence-electron chi connectivity index (χ2n) is 5.45. The van der Waals surface area contributed by atoms with Gasteiger partial charge in [0.15, 0.2) is 0 Å². The van der Waals surface area contributed by atoms with E-state index in [4.69, 9.17) is 0 Å². The van der Waals surface area contributed by atoms with Crippen LogP contribution >= 0.6 is 11.3 Å². The summed E-state index contributed by atoms with van der Waals surface area (Å²) in [5.74, 6) is -0.0293. The first-order chi connectivity index (χ1) is 11.1. The second kappa shape index (κ2) is 6.84. The van der Waals surface area contributed by atoms with E-state index in [1.807, 2.05) is 37.2 Å². The van der Waals surface area contributed by atoms with Gasteiger partial charge in [-0.2, -0.15) is 5.10 Å². The molecule has 3 heterocycles. The molecule has 23 heavy (non-hydrogen) atoms. The van der Waals surface area contributed by atoms with Crippen LogP contribution in [0.25, 0.3) is 4.96 Å². The van der Waals surface area contributed by atoms with Gasteiger partial charge in [0, 0.05) is 18.9 Å². The summed E-state index contributed by atoms with van der Waals surface area (Å²) in [6.45, 7) is 2.95. The summed E-state index contributed by atoms with van der Waals surface area (Å²) in [5.41, 5.74) is 3.68. The smallest absolute Gasteiger partial charge is 0.234 e. The second-order valence-corrected chi connectivity index (χ2v) is 6.26. The number of hydrogen-bond acceptors (Lipinski definition) is 6. The van der Waals surface area contributed by atoms with Crippen molar-refractivity contribution in [2.75, 3.05) is 13.6 Å². The molecule has 0 saturated carbocycles. The van der Waals surface area contributed by atoms with Crippen LogP contribution in [0.1, 0.15) is 24.2 Å². The summed E-state index contributed by atoms with van der Waals surface area (Å²) >= 11 is 1.47. The van der Waals surface area contributed by atoms with Gasteiger partial charge >= 0.3 is 0 Å². The summed E-state index contributed by atoms with van der Waals surface area (Å²) < 4.78 is 1.72. The molecule has 0 bridgehead atoms. The van der Waals surface area contributed by atoms with E-state index in [2.05, 4.69) is 20.4 Å². The molecule has 3 rings (SSSR count). The van der Waals surface area contributed by atoms with Gasteiger partial charge in [-0.15, -0.1) is 0 Å². The molecule has 3 aromatic rings. The first kappa shape index (κ1) is 15.6. The van der Waals surface area contributed by atoms with Crippen LogP contribution in [0.15, 0.2) is 36.2 Å². The molecule has 3 aromatic heterocycles. The Morgan fingerprint density at radius 3 is 2.96 bits per heavy atom. The number of imidazole rings is 1. The molecule has 0 unspecified atom stereocenters. The third-order valence-corrected chi connectivity index (χ3v) is 4.13. The molecule has 0 radical (unpaired) electrons. The van der Waals surface area contributed by atoms with Gasteiger partial charge in [0.05, 0.1) is 24.5 Å². The van der Waals surface area contributed by atoms with Crippen molar-refractivity contribution in [3.63, 3.8) is 0 Å². The average molecular weight is 330 g/mol.